The van der Waals surface area contributed by atoms with E-state index in [0.29, 0.717) is 12.2 Å². The van der Waals surface area contributed by atoms with Crippen LogP contribution in [0.15, 0.2) is 24.5 Å². The Hall–Kier alpha value is -1.42. The van der Waals surface area contributed by atoms with E-state index in [9.17, 15) is 4.79 Å². The predicted octanol–water partition coefficient (Wildman–Crippen LogP) is 2.05. The van der Waals surface area contributed by atoms with E-state index >= 15 is 0 Å². The van der Waals surface area contributed by atoms with Gasteiger partial charge in [-0.05, 0) is 25.5 Å². The van der Waals surface area contributed by atoms with Gasteiger partial charge in [-0.25, -0.2) is 4.79 Å². The summed E-state index contributed by atoms with van der Waals surface area (Å²) in [7, 11) is 0. The molecule has 1 aromatic heterocycles. The van der Waals surface area contributed by atoms with Crippen molar-refractivity contribution in [2.24, 2.45) is 0 Å². The molecule has 0 aliphatic carbocycles. The van der Waals surface area contributed by atoms with Gasteiger partial charge in [-0.1, -0.05) is 6.92 Å². The van der Waals surface area contributed by atoms with E-state index in [1.54, 1.807) is 18.3 Å². The Bertz CT molecular complexity index is 313. The second-order valence-corrected chi connectivity index (χ2v) is 3.47. The van der Waals surface area contributed by atoms with E-state index < -0.39 is 0 Å². The number of aromatic nitrogens is 1. The molecule has 0 saturated carbocycles. The molecule has 1 atom stereocenters. The smallest absolute Gasteiger partial charge is 0.339 e. The van der Waals surface area contributed by atoms with Gasteiger partial charge in [-0.2, -0.15) is 0 Å². The molecule has 0 N–H and O–H groups in total. The van der Waals surface area contributed by atoms with Crippen LogP contribution >= 0.6 is 0 Å². The second-order valence-electron chi connectivity index (χ2n) is 3.47. The van der Waals surface area contributed by atoms with E-state index in [2.05, 4.69) is 4.98 Å². The van der Waals surface area contributed by atoms with Crippen molar-refractivity contribution in [3.05, 3.63) is 30.1 Å². The van der Waals surface area contributed by atoms with E-state index in [0.717, 1.165) is 6.42 Å². The number of esters is 1. The lowest BCUT2D eigenvalue weighted by Crippen LogP contribution is -2.14. The maximum atomic E-state index is 11.4. The molecule has 0 bridgehead atoms. The van der Waals surface area contributed by atoms with Crippen molar-refractivity contribution in [2.45, 2.75) is 26.4 Å². The zero-order chi connectivity index (χ0) is 11.8. The molecule has 4 nitrogen and oxygen atoms in total. The fourth-order valence-corrected chi connectivity index (χ4v) is 1.07. The quantitative estimate of drug-likeness (QED) is 0.547. The topological polar surface area (TPSA) is 48.4 Å². The van der Waals surface area contributed by atoms with Gasteiger partial charge in [-0.3, -0.25) is 4.98 Å². The van der Waals surface area contributed by atoms with Crippen LogP contribution in [0.3, 0.4) is 0 Å². The third-order valence-electron chi connectivity index (χ3n) is 2.19. The largest absolute Gasteiger partial charge is 0.460 e. The molecule has 0 aliphatic heterocycles. The Balaban J connectivity index is 2.21. The van der Waals surface area contributed by atoms with Crippen LogP contribution in [0.4, 0.5) is 0 Å². The van der Waals surface area contributed by atoms with Gasteiger partial charge >= 0.3 is 5.97 Å². The summed E-state index contributed by atoms with van der Waals surface area (Å²) in [5.41, 5.74) is 0.464. The van der Waals surface area contributed by atoms with Crippen LogP contribution < -0.4 is 0 Å². The van der Waals surface area contributed by atoms with E-state index in [1.807, 2.05) is 13.8 Å². The van der Waals surface area contributed by atoms with Crippen LogP contribution in [0.5, 0.6) is 0 Å². The summed E-state index contributed by atoms with van der Waals surface area (Å²) in [4.78, 5) is 15.3. The lowest BCUT2D eigenvalue weighted by atomic mass is 10.3. The summed E-state index contributed by atoms with van der Waals surface area (Å²) in [6, 6.07) is 3.37. The van der Waals surface area contributed by atoms with Crippen molar-refractivity contribution in [1.82, 2.24) is 4.98 Å². The summed E-state index contributed by atoms with van der Waals surface area (Å²) in [6.45, 7) is 4.74. The first-order chi connectivity index (χ1) is 7.74. The van der Waals surface area contributed by atoms with Crippen molar-refractivity contribution < 1.29 is 14.3 Å². The normalized spacial score (nSPS) is 12.1. The summed E-state index contributed by atoms with van der Waals surface area (Å²) in [5.74, 6) is -0.360. The molecule has 0 saturated heterocycles. The first-order valence-electron chi connectivity index (χ1n) is 5.42. The van der Waals surface area contributed by atoms with Gasteiger partial charge in [0, 0.05) is 12.4 Å². The Morgan fingerprint density at radius 3 is 2.94 bits per heavy atom. The average molecular weight is 223 g/mol. The number of pyridine rings is 1. The van der Waals surface area contributed by atoms with E-state index in [-0.39, 0.29) is 18.7 Å². The van der Waals surface area contributed by atoms with Crippen LogP contribution in [0, 0.1) is 0 Å². The second kappa shape index (κ2) is 6.95. The monoisotopic (exact) mass is 223 g/mol. The Kier molecular flexibility index (Phi) is 5.50. The molecule has 16 heavy (non-hydrogen) atoms. The number of hydrogen-bond acceptors (Lipinski definition) is 4. The lowest BCUT2D eigenvalue weighted by Gasteiger charge is -2.10. The molecule has 1 aromatic rings. The molecular formula is C12H17NO3. The molecule has 1 heterocycles. The number of rotatable bonds is 6. The first-order valence-corrected chi connectivity index (χ1v) is 5.42. The third kappa shape index (κ3) is 4.40. The Morgan fingerprint density at radius 1 is 1.50 bits per heavy atom. The van der Waals surface area contributed by atoms with Gasteiger partial charge in [0.15, 0.2) is 0 Å². The fourth-order valence-electron chi connectivity index (χ4n) is 1.07. The van der Waals surface area contributed by atoms with Crippen molar-refractivity contribution in [3.8, 4) is 0 Å². The van der Waals surface area contributed by atoms with Gasteiger partial charge < -0.3 is 9.47 Å². The predicted molar refractivity (Wildman–Crippen MR) is 60.2 cm³/mol. The molecule has 4 heteroatoms. The molecule has 0 amide bonds. The third-order valence-corrected chi connectivity index (χ3v) is 2.19. The molecular weight excluding hydrogens is 206 g/mol. The van der Waals surface area contributed by atoms with Gasteiger partial charge in [0.2, 0.25) is 0 Å². The minimum Gasteiger partial charge on any atom is -0.460 e. The minimum atomic E-state index is -0.360. The highest BCUT2D eigenvalue weighted by molar-refractivity contribution is 5.88. The van der Waals surface area contributed by atoms with Crippen LogP contribution in [0.25, 0.3) is 0 Å². The zero-order valence-corrected chi connectivity index (χ0v) is 9.68. The molecule has 1 unspecified atom stereocenters. The zero-order valence-electron chi connectivity index (χ0n) is 9.68. The standard InChI is InChI=1S/C12H17NO3/c1-3-10(2)15-7-8-16-12(14)11-5-4-6-13-9-11/h4-6,9-10H,3,7-8H2,1-2H3. The van der Waals surface area contributed by atoms with Crippen molar-refractivity contribution in [2.75, 3.05) is 13.2 Å². The van der Waals surface area contributed by atoms with E-state index in [4.69, 9.17) is 9.47 Å². The number of carbonyl (C=O) groups is 1. The van der Waals surface area contributed by atoms with Crippen molar-refractivity contribution >= 4 is 5.97 Å². The van der Waals surface area contributed by atoms with E-state index in [1.165, 1.54) is 6.20 Å². The maximum Gasteiger partial charge on any atom is 0.339 e. The van der Waals surface area contributed by atoms with Crippen molar-refractivity contribution in [3.63, 3.8) is 0 Å². The number of carbonyl (C=O) groups excluding carboxylic acids is 1. The summed E-state index contributed by atoms with van der Waals surface area (Å²) >= 11 is 0. The molecule has 0 aliphatic rings. The molecule has 0 aromatic carbocycles. The average Bonchev–Trinajstić information content (AvgIpc) is 2.35. The van der Waals surface area contributed by atoms with Crippen LogP contribution in [-0.4, -0.2) is 30.3 Å². The molecule has 1 rings (SSSR count). The van der Waals surface area contributed by atoms with Gasteiger partial charge in [0.05, 0.1) is 18.3 Å². The van der Waals surface area contributed by atoms with Crippen molar-refractivity contribution in [1.29, 1.82) is 0 Å². The highest BCUT2D eigenvalue weighted by atomic mass is 16.6. The van der Waals surface area contributed by atoms with Gasteiger partial charge in [-0.15, -0.1) is 0 Å². The minimum absolute atomic E-state index is 0.206. The van der Waals surface area contributed by atoms with Crippen LogP contribution in [0.1, 0.15) is 30.6 Å². The Morgan fingerprint density at radius 2 is 2.31 bits per heavy atom. The highest BCUT2D eigenvalue weighted by Crippen LogP contribution is 1.99. The highest BCUT2D eigenvalue weighted by Gasteiger charge is 2.06. The Labute approximate surface area is 95.6 Å². The van der Waals surface area contributed by atoms with Gasteiger partial charge in [0.25, 0.3) is 0 Å². The number of nitrogens with zero attached hydrogens (tertiary/aromatic N) is 1. The molecule has 0 radical (unpaired) electrons. The lowest BCUT2D eigenvalue weighted by molar-refractivity contribution is 0.0120. The summed E-state index contributed by atoms with van der Waals surface area (Å²) in [6.07, 6.45) is 4.26. The maximum absolute atomic E-state index is 11.4. The number of ether oxygens (including phenoxy) is 2. The number of hydrogen-bond donors (Lipinski definition) is 0. The molecule has 0 fully saturated rings. The molecule has 0 spiro atoms. The fraction of sp³-hybridized carbons (Fsp3) is 0.500. The van der Waals surface area contributed by atoms with Crippen LogP contribution in [0.2, 0.25) is 0 Å². The summed E-state index contributed by atoms with van der Waals surface area (Å²) < 4.78 is 10.4. The SMILES string of the molecule is CCC(C)OCCOC(=O)c1cccnc1. The first kappa shape index (κ1) is 12.6. The van der Waals surface area contributed by atoms with Crippen LogP contribution in [-0.2, 0) is 9.47 Å². The summed E-state index contributed by atoms with van der Waals surface area (Å²) in [5, 5.41) is 0. The van der Waals surface area contributed by atoms with Gasteiger partial charge in [0.1, 0.15) is 6.61 Å². The molecule has 88 valence electrons.